The van der Waals surface area contributed by atoms with Crippen molar-refractivity contribution in [2.24, 2.45) is 0 Å². The number of carboxylic acids is 1. The third kappa shape index (κ3) is 7.93. The molecule has 5 nitrogen and oxygen atoms in total. The second kappa shape index (κ2) is 6.40. The number of likely N-dealkylation sites (N-methyl/N-ethyl adjacent to an activating group) is 1. The third-order valence-electron chi connectivity index (χ3n) is 2.15. The highest BCUT2D eigenvalue weighted by atomic mass is 16.4. The fraction of sp³-hybridized carbons (Fsp3) is 0.800. The Bertz CT molecular complexity index is 227. The van der Waals surface area contributed by atoms with Crippen LogP contribution in [0.25, 0.3) is 0 Å². The molecule has 0 saturated carbocycles. The first-order chi connectivity index (χ1) is 6.87. The number of nitrogens with one attached hydrogen (secondary N) is 1. The van der Waals surface area contributed by atoms with Crippen molar-refractivity contribution >= 4 is 11.9 Å². The van der Waals surface area contributed by atoms with Crippen LogP contribution in [0.15, 0.2) is 0 Å². The van der Waals surface area contributed by atoms with E-state index in [1.807, 2.05) is 14.1 Å². The smallest absolute Gasteiger partial charge is 0.359 e. The van der Waals surface area contributed by atoms with Crippen LogP contribution in [0.5, 0.6) is 0 Å². The van der Waals surface area contributed by atoms with E-state index < -0.39 is 5.97 Å². The minimum absolute atomic E-state index is 0.0403. The number of nitrogens with zero attached hydrogens (tertiary/aromatic N) is 1. The molecule has 0 fully saturated rings. The van der Waals surface area contributed by atoms with Crippen LogP contribution in [0.2, 0.25) is 0 Å². The molecular weight excluding hydrogens is 196 g/mol. The van der Waals surface area contributed by atoms with E-state index in [1.165, 1.54) is 0 Å². The van der Waals surface area contributed by atoms with Gasteiger partial charge in [-0.3, -0.25) is 4.79 Å². The Hall–Kier alpha value is -1.10. The molecule has 0 rings (SSSR count). The van der Waals surface area contributed by atoms with Gasteiger partial charge < -0.3 is 14.9 Å². The predicted octanol–water partition coefficient (Wildman–Crippen LogP) is 0.0637. The van der Waals surface area contributed by atoms with Crippen LogP contribution in [0.4, 0.5) is 0 Å². The van der Waals surface area contributed by atoms with Gasteiger partial charge in [-0.25, -0.2) is 4.79 Å². The first-order valence-corrected chi connectivity index (χ1v) is 5.18. The predicted molar refractivity (Wildman–Crippen MR) is 57.4 cm³/mol. The van der Waals surface area contributed by atoms with Crippen molar-refractivity contribution in [1.82, 2.24) is 5.32 Å². The summed E-state index contributed by atoms with van der Waals surface area (Å²) in [5.41, 5.74) is 0. The minimum Gasteiger partial charge on any atom is -0.477 e. The normalized spacial score (nSPS) is 11.1. The number of hydrogen-bond donors (Lipinski definition) is 2. The van der Waals surface area contributed by atoms with Crippen LogP contribution < -0.4 is 5.32 Å². The fourth-order valence-corrected chi connectivity index (χ4v) is 1.31. The van der Waals surface area contributed by atoms with Crippen molar-refractivity contribution in [3.05, 3.63) is 0 Å². The van der Waals surface area contributed by atoms with Gasteiger partial charge in [0.1, 0.15) is 0 Å². The fourth-order valence-electron chi connectivity index (χ4n) is 1.31. The van der Waals surface area contributed by atoms with E-state index in [9.17, 15) is 9.59 Å². The molecule has 0 radical (unpaired) electrons. The van der Waals surface area contributed by atoms with Crippen LogP contribution in [0, 0.1) is 0 Å². The van der Waals surface area contributed by atoms with Gasteiger partial charge in [-0.15, -0.1) is 0 Å². The van der Waals surface area contributed by atoms with Gasteiger partial charge in [0, 0.05) is 19.4 Å². The standard InChI is InChI=1S/C10H20N2O3/c1-4-9(13)11-6-5-7-12(2,3)8-10(14)15/h4-8H2,1-3H3,(H-,11,13,14,15)/p+1. The maximum Gasteiger partial charge on any atom is 0.359 e. The topological polar surface area (TPSA) is 66.4 Å². The number of quaternary nitrogens is 1. The zero-order valence-corrected chi connectivity index (χ0v) is 9.75. The Morgan fingerprint density at radius 1 is 1.33 bits per heavy atom. The maximum absolute atomic E-state index is 10.9. The summed E-state index contributed by atoms with van der Waals surface area (Å²) >= 11 is 0. The highest BCUT2D eigenvalue weighted by molar-refractivity contribution is 5.75. The maximum atomic E-state index is 10.9. The molecular formula is C10H21N2O3+. The van der Waals surface area contributed by atoms with E-state index in [0.29, 0.717) is 17.4 Å². The number of amides is 1. The molecule has 2 N–H and O–H groups in total. The summed E-state index contributed by atoms with van der Waals surface area (Å²) in [5, 5.41) is 11.4. The zero-order chi connectivity index (χ0) is 11.9. The average molecular weight is 217 g/mol. The van der Waals surface area contributed by atoms with Crippen molar-refractivity contribution in [2.45, 2.75) is 19.8 Å². The van der Waals surface area contributed by atoms with Crippen molar-refractivity contribution < 1.29 is 19.2 Å². The molecule has 0 aromatic heterocycles. The molecule has 0 unspecified atom stereocenters. The molecule has 0 saturated heterocycles. The lowest BCUT2D eigenvalue weighted by molar-refractivity contribution is -0.883. The lowest BCUT2D eigenvalue weighted by Gasteiger charge is -2.27. The Morgan fingerprint density at radius 3 is 2.40 bits per heavy atom. The molecule has 0 aromatic carbocycles. The van der Waals surface area contributed by atoms with Crippen LogP contribution in [-0.2, 0) is 9.59 Å². The van der Waals surface area contributed by atoms with Crippen LogP contribution in [0.3, 0.4) is 0 Å². The highest BCUT2D eigenvalue weighted by Gasteiger charge is 2.18. The minimum atomic E-state index is -0.794. The number of carbonyl (C=O) groups excluding carboxylic acids is 1. The first-order valence-electron chi connectivity index (χ1n) is 5.18. The summed E-state index contributed by atoms with van der Waals surface area (Å²) in [7, 11) is 3.74. The second-order valence-electron chi connectivity index (χ2n) is 4.27. The quantitative estimate of drug-likeness (QED) is 0.468. The van der Waals surface area contributed by atoms with Crippen LogP contribution in [-0.4, -0.2) is 55.2 Å². The Morgan fingerprint density at radius 2 is 1.93 bits per heavy atom. The van der Waals surface area contributed by atoms with Crippen LogP contribution in [0.1, 0.15) is 19.8 Å². The summed E-state index contributed by atoms with van der Waals surface area (Å²) in [4.78, 5) is 21.4. The lowest BCUT2D eigenvalue weighted by Crippen LogP contribution is -2.45. The number of carbonyl (C=O) groups is 2. The van der Waals surface area contributed by atoms with Crippen molar-refractivity contribution in [2.75, 3.05) is 33.7 Å². The number of rotatable bonds is 7. The molecule has 0 aromatic rings. The third-order valence-corrected chi connectivity index (χ3v) is 2.15. The Balaban J connectivity index is 3.66. The molecule has 88 valence electrons. The monoisotopic (exact) mass is 217 g/mol. The largest absolute Gasteiger partial charge is 0.477 e. The van der Waals surface area contributed by atoms with E-state index >= 15 is 0 Å². The van der Waals surface area contributed by atoms with Crippen LogP contribution >= 0.6 is 0 Å². The molecule has 0 aliphatic rings. The first kappa shape index (κ1) is 13.9. The molecule has 0 aliphatic carbocycles. The molecule has 0 heterocycles. The summed E-state index contributed by atoms with van der Waals surface area (Å²) < 4.78 is 0.442. The molecule has 0 atom stereocenters. The zero-order valence-electron chi connectivity index (χ0n) is 9.75. The number of hydrogen-bond acceptors (Lipinski definition) is 2. The van der Waals surface area contributed by atoms with Gasteiger partial charge in [-0.2, -0.15) is 0 Å². The molecule has 0 aliphatic heterocycles. The summed E-state index contributed by atoms with van der Waals surface area (Å²) in [6, 6.07) is 0. The van der Waals surface area contributed by atoms with E-state index in [-0.39, 0.29) is 12.5 Å². The van der Waals surface area contributed by atoms with Gasteiger partial charge in [-0.1, -0.05) is 6.92 Å². The molecule has 1 amide bonds. The van der Waals surface area contributed by atoms with Crippen molar-refractivity contribution in [3.8, 4) is 0 Å². The van der Waals surface area contributed by atoms with Crippen molar-refractivity contribution in [1.29, 1.82) is 0 Å². The Labute approximate surface area is 90.7 Å². The summed E-state index contributed by atoms with van der Waals surface area (Å²) in [6.45, 7) is 3.28. The van der Waals surface area contributed by atoms with E-state index in [0.717, 1.165) is 13.0 Å². The number of aliphatic carboxylic acids is 1. The molecule has 15 heavy (non-hydrogen) atoms. The van der Waals surface area contributed by atoms with Gasteiger partial charge in [0.2, 0.25) is 5.91 Å². The highest BCUT2D eigenvalue weighted by Crippen LogP contribution is 1.98. The van der Waals surface area contributed by atoms with E-state index in [1.54, 1.807) is 6.92 Å². The lowest BCUT2D eigenvalue weighted by atomic mass is 10.3. The van der Waals surface area contributed by atoms with Gasteiger partial charge in [0.15, 0.2) is 6.54 Å². The number of carboxylic acid groups (broad SMARTS) is 1. The van der Waals surface area contributed by atoms with Gasteiger partial charge >= 0.3 is 5.97 Å². The summed E-state index contributed by atoms with van der Waals surface area (Å²) in [5.74, 6) is -0.754. The van der Waals surface area contributed by atoms with Crippen molar-refractivity contribution in [3.63, 3.8) is 0 Å². The second-order valence-corrected chi connectivity index (χ2v) is 4.27. The molecule has 0 bridgehead atoms. The Kier molecular flexibility index (Phi) is 5.93. The molecule has 5 heteroatoms. The summed E-state index contributed by atoms with van der Waals surface area (Å²) in [6.07, 6.45) is 1.29. The van der Waals surface area contributed by atoms with Gasteiger partial charge in [0.25, 0.3) is 0 Å². The molecule has 0 spiro atoms. The van der Waals surface area contributed by atoms with Gasteiger partial charge in [-0.05, 0) is 0 Å². The van der Waals surface area contributed by atoms with E-state index in [2.05, 4.69) is 5.32 Å². The van der Waals surface area contributed by atoms with Gasteiger partial charge in [0.05, 0.1) is 20.6 Å². The SMILES string of the molecule is CCC(=O)NCCC[N+](C)(C)CC(=O)O. The van der Waals surface area contributed by atoms with E-state index in [4.69, 9.17) is 5.11 Å². The average Bonchev–Trinajstić information content (AvgIpc) is 2.10.